The van der Waals surface area contributed by atoms with Crippen molar-refractivity contribution < 1.29 is 9.59 Å². The zero-order valence-corrected chi connectivity index (χ0v) is 13.4. The fourth-order valence-electron chi connectivity index (χ4n) is 3.47. The largest absolute Gasteiger partial charge is 0.326 e. The van der Waals surface area contributed by atoms with E-state index in [1.807, 2.05) is 13.8 Å². The molecule has 1 aliphatic carbocycles. The third kappa shape index (κ3) is 2.98. The number of likely N-dealkylation sites (N-methyl/N-ethyl adjacent to an activating group) is 1. The highest BCUT2D eigenvalue weighted by atomic mass is 16.2. The van der Waals surface area contributed by atoms with Crippen LogP contribution in [0.4, 0.5) is 4.79 Å². The fraction of sp³-hybridized carbons (Fsp3) is 0.750. The van der Waals surface area contributed by atoms with Gasteiger partial charge in [-0.2, -0.15) is 0 Å². The van der Waals surface area contributed by atoms with Crippen molar-refractivity contribution in [1.29, 1.82) is 0 Å². The van der Waals surface area contributed by atoms with E-state index < -0.39 is 5.54 Å². The first-order valence-electron chi connectivity index (χ1n) is 7.91. The SMILES string of the molecule is C=C(C)CN(CC)CN1C(=O)N[C@@]2(CCCC[C@H]2C)C1=O. The van der Waals surface area contributed by atoms with E-state index in [4.69, 9.17) is 0 Å². The summed E-state index contributed by atoms with van der Waals surface area (Å²) in [6.45, 7) is 11.8. The topological polar surface area (TPSA) is 52.6 Å². The summed E-state index contributed by atoms with van der Waals surface area (Å²) < 4.78 is 0. The van der Waals surface area contributed by atoms with E-state index in [1.54, 1.807) is 0 Å². The van der Waals surface area contributed by atoms with Crippen molar-refractivity contribution in [2.24, 2.45) is 5.92 Å². The van der Waals surface area contributed by atoms with Crippen LogP contribution in [0.5, 0.6) is 0 Å². The molecule has 0 unspecified atom stereocenters. The summed E-state index contributed by atoms with van der Waals surface area (Å²) >= 11 is 0. The van der Waals surface area contributed by atoms with Crippen LogP contribution in [0.25, 0.3) is 0 Å². The Labute approximate surface area is 127 Å². The van der Waals surface area contributed by atoms with Gasteiger partial charge >= 0.3 is 6.03 Å². The minimum atomic E-state index is -0.655. The molecule has 3 amide bonds. The standard InChI is InChI=1S/C16H27N3O2/c1-5-18(10-12(2)3)11-19-14(20)16(17-15(19)21)9-7-6-8-13(16)4/h13H,2,5-11H2,1,3-4H3,(H,17,21)/t13-,16-/m1/s1. The molecule has 1 spiro atoms. The second-order valence-electron chi connectivity index (χ2n) is 6.53. The molecule has 0 aromatic carbocycles. The number of carbonyl (C=O) groups is 2. The van der Waals surface area contributed by atoms with Crippen molar-refractivity contribution >= 4 is 11.9 Å². The quantitative estimate of drug-likeness (QED) is 0.625. The monoisotopic (exact) mass is 293 g/mol. The van der Waals surface area contributed by atoms with Gasteiger partial charge in [0.15, 0.2) is 0 Å². The predicted molar refractivity (Wildman–Crippen MR) is 82.7 cm³/mol. The first-order chi connectivity index (χ1) is 9.90. The molecule has 2 rings (SSSR count). The van der Waals surface area contributed by atoms with Crippen LogP contribution in [0.3, 0.4) is 0 Å². The van der Waals surface area contributed by atoms with Crippen LogP contribution in [0.1, 0.15) is 46.5 Å². The molecule has 21 heavy (non-hydrogen) atoms. The smallest absolute Gasteiger partial charge is 0.323 e. The van der Waals surface area contributed by atoms with Crippen LogP contribution in [-0.4, -0.2) is 47.0 Å². The summed E-state index contributed by atoms with van der Waals surface area (Å²) in [6, 6.07) is -0.242. The fourth-order valence-corrected chi connectivity index (χ4v) is 3.47. The average Bonchev–Trinajstić information content (AvgIpc) is 2.66. The molecule has 1 saturated carbocycles. The summed E-state index contributed by atoms with van der Waals surface area (Å²) in [5, 5.41) is 2.99. The number of urea groups is 1. The highest BCUT2D eigenvalue weighted by Gasteiger charge is 2.54. The molecule has 1 saturated heterocycles. The molecule has 0 aromatic heterocycles. The Morgan fingerprint density at radius 1 is 1.48 bits per heavy atom. The Morgan fingerprint density at radius 2 is 2.19 bits per heavy atom. The molecule has 2 atom stereocenters. The van der Waals surface area contributed by atoms with Gasteiger partial charge in [-0.15, -0.1) is 0 Å². The van der Waals surface area contributed by atoms with Gasteiger partial charge in [-0.3, -0.25) is 9.69 Å². The highest BCUT2D eigenvalue weighted by Crippen LogP contribution is 2.38. The Hall–Kier alpha value is -1.36. The van der Waals surface area contributed by atoms with E-state index in [-0.39, 0.29) is 17.9 Å². The molecular formula is C16H27N3O2. The van der Waals surface area contributed by atoms with Crippen molar-refractivity contribution in [3.8, 4) is 0 Å². The van der Waals surface area contributed by atoms with Gasteiger partial charge in [0.05, 0.1) is 6.67 Å². The summed E-state index contributed by atoms with van der Waals surface area (Å²) in [4.78, 5) is 28.6. The van der Waals surface area contributed by atoms with Crippen molar-refractivity contribution in [2.75, 3.05) is 19.8 Å². The summed E-state index contributed by atoms with van der Waals surface area (Å²) in [5.74, 6) is 0.170. The lowest BCUT2D eigenvalue weighted by Crippen LogP contribution is -2.54. The van der Waals surface area contributed by atoms with Gasteiger partial charge in [0.2, 0.25) is 0 Å². The number of hydrogen-bond donors (Lipinski definition) is 1. The molecule has 2 aliphatic rings. The third-order valence-corrected chi connectivity index (χ3v) is 4.78. The van der Waals surface area contributed by atoms with Gasteiger partial charge in [-0.25, -0.2) is 9.69 Å². The molecule has 1 heterocycles. The number of amides is 3. The maximum absolute atomic E-state index is 12.8. The van der Waals surface area contributed by atoms with E-state index >= 15 is 0 Å². The number of rotatable bonds is 5. The molecule has 5 nitrogen and oxygen atoms in total. The van der Waals surface area contributed by atoms with E-state index in [9.17, 15) is 9.59 Å². The first-order valence-corrected chi connectivity index (χ1v) is 7.91. The van der Waals surface area contributed by atoms with Crippen LogP contribution in [0.2, 0.25) is 0 Å². The summed E-state index contributed by atoms with van der Waals surface area (Å²) in [5.41, 5.74) is 0.377. The van der Waals surface area contributed by atoms with Crippen molar-refractivity contribution in [3.63, 3.8) is 0 Å². The van der Waals surface area contributed by atoms with Crippen LogP contribution < -0.4 is 5.32 Å². The Bertz CT molecular complexity index is 449. The Balaban J connectivity index is 2.12. The van der Waals surface area contributed by atoms with Gasteiger partial charge < -0.3 is 5.32 Å². The van der Waals surface area contributed by atoms with Crippen molar-refractivity contribution in [1.82, 2.24) is 15.1 Å². The van der Waals surface area contributed by atoms with Crippen LogP contribution in [0, 0.1) is 5.92 Å². The molecule has 1 N–H and O–H groups in total. The minimum Gasteiger partial charge on any atom is -0.323 e. The number of carbonyl (C=O) groups excluding carboxylic acids is 2. The average molecular weight is 293 g/mol. The first kappa shape index (κ1) is 16.0. The van der Waals surface area contributed by atoms with E-state index in [0.717, 1.165) is 37.8 Å². The molecular weight excluding hydrogens is 266 g/mol. The second-order valence-corrected chi connectivity index (χ2v) is 6.53. The van der Waals surface area contributed by atoms with Crippen LogP contribution in [0.15, 0.2) is 12.2 Å². The van der Waals surface area contributed by atoms with Gasteiger partial charge in [0.1, 0.15) is 5.54 Å². The van der Waals surface area contributed by atoms with Gasteiger partial charge in [-0.05, 0) is 32.2 Å². The number of nitrogens with zero attached hydrogens (tertiary/aromatic N) is 2. The molecule has 0 radical (unpaired) electrons. The molecule has 0 bridgehead atoms. The van der Waals surface area contributed by atoms with Crippen molar-refractivity contribution in [2.45, 2.75) is 52.0 Å². The molecule has 5 heteroatoms. The predicted octanol–water partition coefficient (Wildman–Crippen LogP) is 2.34. The van der Waals surface area contributed by atoms with E-state index in [0.29, 0.717) is 13.2 Å². The van der Waals surface area contributed by atoms with Crippen molar-refractivity contribution in [3.05, 3.63) is 12.2 Å². The highest BCUT2D eigenvalue weighted by molar-refractivity contribution is 6.07. The maximum atomic E-state index is 12.8. The normalized spacial score (nSPS) is 29.3. The minimum absolute atomic E-state index is 0.0418. The van der Waals surface area contributed by atoms with Crippen LogP contribution in [-0.2, 0) is 4.79 Å². The van der Waals surface area contributed by atoms with Gasteiger partial charge in [-0.1, -0.05) is 38.8 Å². The number of hydrogen-bond acceptors (Lipinski definition) is 3. The Kier molecular flexibility index (Phi) is 4.71. The molecule has 118 valence electrons. The lowest BCUT2D eigenvalue weighted by atomic mass is 9.73. The third-order valence-electron chi connectivity index (χ3n) is 4.78. The summed E-state index contributed by atoms with van der Waals surface area (Å²) in [6.07, 6.45) is 3.92. The number of imide groups is 1. The summed E-state index contributed by atoms with van der Waals surface area (Å²) in [7, 11) is 0. The number of nitrogens with one attached hydrogen (secondary N) is 1. The molecule has 2 fully saturated rings. The lowest BCUT2D eigenvalue weighted by Gasteiger charge is -2.37. The Morgan fingerprint density at radius 3 is 2.76 bits per heavy atom. The lowest BCUT2D eigenvalue weighted by molar-refractivity contribution is -0.135. The molecule has 1 aliphatic heterocycles. The van der Waals surface area contributed by atoms with E-state index in [1.165, 1.54) is 4.90 Å². The molecule has 0 aromatic rings. The van der Waals surface area contributed by atoms with E-state index in [2.05, 4.69) is 23.7 Å². The second kappa shape index (κ2) is 6.18. The van der Waals surface area contributed by atoms with Crippen LogP contribution >= 0.6 is 0 Å². The van der Waals surface area contributed by atoms with Gasteiger partial charge in [0, 0.05) is 6.54 Å². The van der Waals surface area contributed by atoms with Gasteiger partial charge in [0.25, 0.3) is 5.91 Å². The zero-order valence-electron chi connectivity index (χ0n) is 13.4. The maximum Gasteiger partial charge on any atom is 0.326 e. The zero-order chi connectivity index (χ0) is 15.6.